The van der Waals surface area contributed by atoms with Crippen molar-refractivity contribution < 1.29 is 18.7 Å². The van der Waals surface area contributed by atoms with E-state index in [-0.39, 0.29) is 18.0 Å². The summed E-state index contributed by atoms with van der Waals surface area (Å²) in [5.41, 5.74) is 1.35. The number of carbonyl (C=O) groups excluding carboxylic acids is 1. The van der Waals surface area contributed by atoms with E-state index < -0.39 is 5.97 Å². The fourth-order valence-electron chi connectivity index (χ4n) is 3.58. The minimum absolute atomic E-state index is 0.245. The molecule has 0 saturated carbocycles. The smallest absolute Gasteiger partial charge is 0.343 e. The number of nitrogens with zero attached hydrogens (tertiary/aromatic N) is 3. The van der Waals surface area contributed by atoms with Gasteiger partial charge < -0.3 is 13.9 Å². The number of para-hydroxylation sites is 1. The van der Waals surface area contributed by atoms with Crippen molar-refractivity contribution in [3.63, 3.8) is 0 Å². The van der Waals surface area contributed by atoms with Gasteiger partial charge >= 0.3 is 5.97 Å². The number of rotatable bonds is 6. The van der Waals surface area contributed by atoms with E-state index in [1.54, 1.807) is 36.4 Å². The van der Waals surface area contributed by atoms with E-state index in [0.29, 0.717) is 33.6 Å². The molecule has 3 aromatic carbocycles. The van der Waals surface area contributed by atoms with Crippen LogP contribution in [0.5, 0.6) is 5.75 Å². The Morgan fingerprint density at radius 2 is 1.86 bits per heavy atom. The molecule has 5 rings (SSSR count). The van der Waals surface area contributed by atoms with Crippen LogP contribution in [-0.4, -0.2) is 35.6 Å². The van der Waals surface area contributed by atoms with Gasteiger partial charge in [-0.2, -0.15) is 9.78 Å². The van der Waals surface area contributed by atoms with Crippen LogP contribution in [0.4, 0.5) is 0 Å². The fraction of sp³-hybridized carbons (Fsp3) is 0.0769. The van der Waals surface area contributed by atoms with Crippen molar-refractivity contribution in [2.75, 3.05) is 13.7 Å². The van der Waals surface area contributed by atoms with Gasteiger partial charge in [0.1, 0.15) is 11.3 Å². The van der Waals surface area contributed by atoms with Crippen molar-refractivity contribution in [2.45, 2.75) is 0 Å². The summed E-state index contributed by atoms with van der Waals surface area (Å²) < 4.78 is 19.1. The lowest BCUT2D eigenvalue weighted by Crippen LogP contribution is -2.20. The number of hydrogen-bond donors (Lipinski definition) is 0. The van der Waals surface area contributed by atoms with Gasteiger partial charge in [-0.15, -0.1) is 0 Å². The lowest BCUT2D eigenvalue weighted by atomic mass is 10.2. The number of hydrogen-bond acceptors (Lipinski definition) is 7. The summed E-state index contributed by atoms with van der Waals surface area (Å²) in [7, 11) is 1.28. The Morgan fingerprint density at radius 3 is 2.69 bits per heavy atom. The van der Waals surface area contributed by atoms with Crippen LogP contribution in [0.1, 0.15) is 5.56 Å². The number of esters is 1. The van der Waals surface area contributed by atoms with E-state index in [9.17, 15) is 9.59 Å². The zero-order valence-corrected chi connectivity index (χ0v) is 21.9. The SMILES string of the molecule is COC(=O)COc1ccc(Br)cc1C=Nn1c(-c2cc3cc(Br)ccc3o2)nc2ccccc2c1=O. The first-order valence-corrected chi connectivity index (χ1v) is 12.3. The van der Waals surface area contributed by atoms with Gasteiger partial charge in [0.25, 0.3) is 5.56 Å². The van der Waals surface area contributed by atoms with E-state index in [1.165, 1.54) is 18.0 Å². The Morgan fingerprint density at radius 1 is 1.08 bits per heavy atom. The van der Waals surface area contributed by atoms with Crippen LogP contribution in [-0.2, 0) is 9.53 Å². The van der Waals surface area contributed by atoms with Crippen LogP contribution in [0.25, 0.3) is 33.5 Å². The lowest BCUT2D eigenvalue weighted by molar-refractivity contribution is -0.142. The molecule has 0 radical (unpaired) electrons. The van der Waals surface area contributed by atoms with Crippen LogP contribution < -0.4 is 10.3 Å². The van der Waals surface area contributed by atoms with Crippen LogP contribution in [0.3, 0.4) is 0 Å². The third-order valence-electron chi connectivity index (χ3n) is 5.31. The molecule has 0 amide bonds. The molecule has 0 spiro atoms. The minimum Gasteiger partial charge on any atom is -0.481 e. The van der Waals surface area contributed by atoms with Gasteiger partial charge in [0, 0.05) is 19.9 Å². The number of ether oxygens (including phenoxy) is 2. The molecule has 10 heteroatoms. The molecule has 2 heterocycles. The van der Waals surface area contributed by atoms with Gasteiger partial charge in [-0.3, -0.25) is 4.79 Å². The Bertz CT molecular complexity index is 1710. The molecule has 0 atom stereocenters. The number of methoxy groups -OCH3 is 1. The normalized spacial score (nSPS) is 11.4. The topological polar surface area (TPSA) is 95.9 Å². The molecule has 5 aromatic rings. The molecule has 0 aliphatic rings. The zero-order valence-electron chi connectivity index (χ0n) is 18.8. The predicted molar refractivity (Wildman–Crippen MR) is 144 cm³/mol. The van der Waals surface area contributed by atoms with Gasteiger partial charge in [-0.25, -0.2) is 9.78 Å². The van der Waals surface area contributed by atoms with E-state index in [0.717, 1.165) is 14.3 Å². The molecule has 0 fully saturated rings. The average molecular weight is 611 g/mol. The van der Waals surface area contributed by atoms with Crippen LogP contribution in [0.15, 0.2) is 90.0 Å². The summed E-state index contributed by atoms with van der Waals surface area (Å²) in [6, 6.07) is 19.7. The quantitative estimate of drug-likeness (QED) is 0.179. The first-order valence-electron chi connectivity index (χ1n) is 10.7. The molecule has 0 aliphatic carbocycles. The van der Waals surface area contributed by atoms with Crippen LogP contribution in [0.2, 0.25) is 0 Å². The fourth-order valence-corrected chi connectivity index (χ4v) is 4.34. The molecular formula is C26H17Br2N3O5. The van der Waals surface area contributed by atoms with Gasteiger partial charge in [0.05, 0.1) is 24.2 Å². The van der Waals surface area contributed by atoms with E-state index in [2.05, 4.69) is 46.7 Å². The molecular weight excluding hydrogens is 594 g/mol. The largest absolute Gasteiger partial charge is 0.481 e. The van der Waals surface area contributed by atoms with E-state index >= 15 is 0 Å². The molecule has 2 aromatic heterocycles. The van der Waals surface area contributed by atoms with Crippen LogP contribution >= 0.6 is 31.9 Å². The Kier molecular flexibility index (Phi) is 6.71. The highest BCUT2D eigenvalue weighted by atomic mass is 79.9. The highest BCUT2D eigenvalue weighted by Crippen LogP contribution is 2.29. The highest BCUT2D eigenvalue weighted by Gasteiger charge is 2.17. The van der Waals surface area contributed by atoms with Crippen molar-refractivity contribution in [3.8, 4) is 17.3 Å². The van der Waals surface area contributed by atoms with Crippen molar-refractivity contribution >= 4 is 65.9 Å². The number of benzene rings is 3. The minimum atomic E-state index is -0.519. The Hall–Kier alpha value is -3.76. The maximum atomic E-state index is 13.5. The summed E-state index contributed by atoms with van der Waals surface area (Å²) in [5.74, 6) is 0.507. The number of furan rings is 1. The second kappa shape index (κ2) is 10.1. The van der Waals surface area contributed by atoms with Gasteiger partial charge in [-0.1, -0.05) is 44.0 Å². The number of aromatic nitrogens is 2. The monoisotopic (exact) mass is 609 g/mol. The molecule has 0 aliphatic heterocycles. The summed E-state index contributed by atoms with van der Waals surface area (Å²) in [6.45, 7) is -0.268. The van der Waals surface area contributed by atoms with Gasteiger partial charge in [0.15, 0.2) is 12.4 Å². The summed E-state index contributed by atoms with van der Waals surface area (Å²) in [5, 5.41) is 5.73. The van der Waals surface area contributed by atoms with Crippen molar-refractivity contribution in [1.29, 1.82) is 0 Å². The lowest BCUT2D eigenvalue weighted by Gasteiger charge is -2.10. The second-order valence-electron chi connectivity index (χ2n) is 7.65. The van der Waals surface area contributed by atoms with E-state index in [1.807, 2.05) is 30.3 Å². The van der Waals surface area contributed by atoms with Crippen molar-refractivity contribution in [1.82, 2.24) is 9.66 Å². The third-order valence-corrected chi connectivity index (χ3v) is 6.30. The third kappa shape index (κ3) is 4.82. The number of fused-ring (bicyclic) bond motifs is 2. The van der Waals surface area contributed by atoms with Gasteiger partial charge in [0.2, 0.25) is 5.82 Å². The number of halogens is 2. The molecule has 0 saturated heterocycles. The van der Waals surface area contributed by atoms with E-state index in [4.69, 9.17) is 9.15 Å². The first kappa shape index (κ1) is 24.0. The maximum absolute atomic E-state index is 13.5. The summed E-state index contributed by atoms with van der Waals surface area (Å²) >= 11 is 6.90. The molecule has 180 valence electrons. The summed E-state index contributed by atoms with van der Waals surface area (Å²) in [6.07, 6.45) is 1.47. The summed E-state index contributed by atoms with van der Waals surface area (Å²) in [4.78, 5) is 29.7. The average Bonchev–Trinajstić information content (AvgIpc) is 3.30. The number of carbonyl (C=O) groups is 1. The Labute approximate surface area is 221 Å². The zero-order chi connectivity index (χ0) is 25.2. The van der Waals surface area contributed by atoms with Crippen molar-refractivity contribution in [3.05, 3.63) is 91.6 Å². The maximum Gasteiger partial charge on any atom is 0.343 e. The second-order valence-corrected chi connectivity index (χ2v) is 9.49. The Balaban J connectivity index is 1.65. The molecule has 0 unspecified atom stereocenters. The highest BCUT2D eigenvalue weighted by molar-refractivity contribution is 9.10. The van der Waals surface area contributed by atoms with Crippen molar-refractivity contribution in [2.24, 2.45) is 5.10 Å². The predicted octanol–water partition coefficient (Wildman–Crippen LogP) is 5.77. The molecule has 36 heavy (non-hydrogen) atoms. The van der Waals surface area contributed by atoms with Gasteiger partial charge in [-0.05, 0) is 54.6 Å². The standard InChI is InChI=1S/C26H17Br2N3O5/c1-34-24(32)14-35-21-8-6-18(28)11-16(21)13-29-31-25(30-20-5-3-2-4-19(20)26(31)33)23-12-15-10-17(27)7-9-22(15)36-23/h2-13H,14H2,1H3. The molecule has 8 nitrogen and oxygen atoms in total. The first-order chi connectivity index (χ1) is 17.4. The molecule has 0 N–H and O–H groups in total. The van der Waals surface area contributed by atoms with Crippen LogP contribution in [0, 0.1) is 0 Å². The molecule has 0 bridgehead atoms.